The van der Waals surface area contributed by atoms with Gasteiger partial charge in [-0.05, 0) is 43.5 Å². The van der Waals surface area contributed by atoms with E-state index >= 15 is 0 Å². The largest absolute Gasteiger partial charge is 0.482 e. The molecule has 6 nitrogen and oxygen atoms in total. The molecule has 1 unspecified atom stereocenters. The topological polar surface area (TPSA) is 75.0 Å². The molecule has 0 N–H and O–H groups in total. The summed E-state index contributed by atoms with van der Waals surface area (Å²) in [4.78, 5) is 24.5. The Hall–Kier alpha value is -3.28. The lowest BCUT2D eigenvalue weighted by Gasteiger charge is -2.12. The molecule has 2 aromatic carbocycles. The minimum absolute atomic E-state index is 0.115. The van der Waals surface area contributed by atoms with Gasteiger partial charge in [-0.3, -0.25) is 4.79 Å². The van der Waals surface area contributed by atoms with Crippen LogP contribution in [-0.4, -0.2) is 18.7 Å². The first-order valence-corrected chi connectivity index (χ1v) is 9.65. The van der Waals surface area contributed by atoms with E-state index in [0.29, 0.717) is 22.5 Å². The first-order valence-electron chi connectivity index (χ1n) is 9.65. The summed E-state index contributed by atoms with van der Waals surface area (Å²) in [5.74, 6) is 0.705. The molecule has 0 saturated heterocycles. The monoisotopic (exact) mass is 396 g/mol. The molecular weight excluding hydrogens is 372 g/mol. The van der Waals surface area contributed by atoms with Crippen LogP contribution in [0.4, 0.5) is 0 Å². The van der Waals surface area contributed by atoms with E-state index in [9.17, 15) is 9.59 Å². The molecule has 0 radical (unpaired) electrons. The second-order valence-corrected chi connectivity index (χ2v) is 6.65. The number of para-hydroxylation sites is 1. The summed E-state index contributed by atoms with van der Waals surface area (Å²) in [7, 11) is 0. The summed E-state index contributed by atoms with van der Waals surface area (Å²) in [5.41, 5.74) is 1.07. The van der Waals surface area contributed by atoms with Gasteiger partial charge in [0.2, 0.25) is 11.2 Å². The third-order valence-corrected chi connectivity index (χ3v) is 4.55. The quantitative estimate of drug-likeness (QED) is 0.506. The van der Waals surface area contributed by atoms with E-state index in [0.717, 1.165) is 18.4 Å². The average molecular weight is 396 g/mol. The van der Waals surface area contributed by atoms with E-state index in [2.05, 4.69) is 0 Å². The van der Waals surface area contributed by atoms with Crippen LogP contribution in [-0.2, 0) is 16.0 Å². The molecule has 29 heavy (non-hydrogen) atoms. The van der Waals surface area contributed by atoms with Crippen LogP contribution in [0.15, 0.2) is 57.9 Å². The van der Waals surface area contributed by atoms with Crippen LogP contribution >= 0.6 is 0 Å². The van der Waals surface area contributed by atoms with E-state index in [1.54, 1.807) is 18.2 Å². The highest BCUT2D eigenvalue weighted by atomic mass is 16.6. The van der Waals surface area contributed by atoms with Crippen LogP contribution in [0, 0.1) is 0 Å². The first-order chi connectivity index (χ1) is 14.0. The Labute approximate surface area is 169 Å². The maximum Gasteiger partial charge on any atom is 0.344 e. The lowest BCUT2D eigenvalue weighted by atomic mass is 10.1. The highest BCUT2D eigenvalue weighted by Gasteiger charge is 2.13. The Morgan fingerprint density at radius 1 is 1.10 bits per heavy atom. The molecule has 0 amide bonds. The van der Waals surface area contributed by atoms with Crippen molar-refractivity contribution in [2.24, 2.45) is 0 Å². The SMILES string of the molecule is CCc1ccccc1Oc1coc2cc(OCC(=O)OC(C)CC)ccc2c1=O. The highest BCUT2D eigenvalue weighted by Crippen LogP contribution is 2.26. The van der Waals surface area contributed by atoms with E-state index in [-0.39, 0.29) is 23.9 Å². The maximum absolute atomic E-state index is 12.8. The van der Waals surface area contributed by atoms with Crippen molar-refractivity contribution in [2.45, 2.75) is 39.7 Å². The van der Waals surface area contributed by atoms with Crippen LogP contribution in [0.25, 0.3) is 11.0 Å². The third-order valence-electron chi connectivity index (χ3n) is 4.55. The molecule has 3 rings (SSSR count). The predicted molar refractivity (Wildman–Crippen MR) is 110 cm³/mol. The Morgan fingerprint density at radius 3 is 2.66 bits per heavy atom. The number of ether oxygens (including phenoxy) is 3. The summed E-state index contributed by atoms with van der Waals surface area (Å²) in [6.45, 7) is 5.56. The van der Waals surface area contributed by atoms with E-state index in [1.165, 1.54) is 6.26 Å². The fourth-order valence-electron chi connectivity index (χ4n) is 2.75. The molecule has 0 aliphatic heterocycles. The van der Waals surface area contributed by atoms with Crippen molar-refractivity contribution in [3.63, 3.8) is 0 Å². The number of carbonyl (C=O) groups is 1. The zero-order valence-electron chi connectivity index (χ0n) is 16.8. The average Bonchev–Trinajstić information content (AvgIpc) is 2.74. The van der Waals surface area contributed by atoms with Crippen molar-refractivity contribution in [1.82, 2.24) is 0 Å². The van der Waals surface area contributed by atoms with Crippen molar-refractivity contribution >= 4 is 16.9 Å². The zero-order valence-corrected chi connectivity index (χ0v) is 16.8. The number of carbonyl (C=O) groups excluding carboxylic acids is 1. The molecule has 0 spiro atoms. The summed E-state index contributed by atoms with van der Waals surface area (Å²) in [5, 5.41) is 0.367. The number of aryl methyl sites for hydroxylation is 1. The standard InChI is InChI=1S/C23H24O6/c1-4-15(3)28-22(24)14-26-17-10-11-18-20(12-17)27-13-21(23(18)25)29-19-9-7-6-8-16(19)5-2/h6-13,15H,4-5,14H2,1-3H3. The smallest absolute Gasteiger partial charge is 0.344 e. The van der Waals surface area contributed by atoms with Gasteiger partial charge in [-0.1, -0.05) is 32.0 Å². The van der Waals surface area contributed by atoms with Gasteiger partial charge in [0.05, 0.1) is 11.5 Å². The van der Waals surface area contributed by atoms with E-state index in [1.807, 2.05) is 45.0 Å². The lowest BCUT2D eigenvalue weighted by molar-refractivity contribution is -0.150. The Kier molecular flexibility index (Phi) is 6.54. The van der Waals surface area contributed by atoms with Gasteiger partial charge in [0.15, 0.2) is 6.61 Å². The Bertz CT molecular complexity index is 1050. The van der Waals surface area contributed by atoms with Crippen molar-refractivity contribution in [3.8, 4) is 17.2 Å². The number of benzene rings is 2. The Morgan fingerprint density at radius 2 is 1.90 bits per heavy atom. The van der Waals surface area contributed by atoms with Gasteiger partial charge in [-0.15, -0.1) is 0 Å². The summed E-state index contributed by atoms with van der Waals surface area (Å²) < 4.78 is 22.0. The fourth-order valence-corrected chi connectivity index (χ4v) is 2.75. The second-order valence-electron chi connectivity index (χ2n) is 6.65. The van der Waals surface area contributed by atoms with Crippen molar-refractivity contribution in [1.29, 1.82) is 0 Å². The molecule has 0 aliphatic carbocycles. The van der Waals surface area contributed by atoms with Crippen LogP contribution in [0.5, 0.6) is 17.2 Å². The molecule has 152 valence electrons. The molecule has 6 heteroatoms. The number of hydrogen-bond acceptors (Lipinski definition) is 6. The van der Waals surface area contributed by atoms with Crippen molar-refractivity contribution in [2.75, 3.05) is 6.61 Å². The van der Waals surface area contributed by atoms with Crippen molar-refractivity contribution in [3.05, 3.63) is 64.5 Å². The van der Waals surface area contributed by atoms with Crippen LogP contribution in [0.3, 0.4) is 0 Å². The van der Waals surface area contributed by atoms with Gasteiger partial charge in [0.25, 0.3) is 0 Å². The molecular formula is C23H24O6. The Balaban J connectivity index is 1.77. The van der Waals surface area contributed by atoms with Gasteiger partial charge >= 0.3 is 5.97 Å². The van der Waals surface area contributed by atoms with Crippen LogP contribution in [0.1, 0.15) is 32.8 Å². The normalized spacial score (nSPS) is 11.8. The number of hydrogen-bond donors (Lipinski definition) is 0. The van der Waals surface area contributed by atoms with Crippen molar-refractivity contribution < 1.29 is 23.4 Å². The summed E-state index contributed by atoms with van der Waals surface area (Å²) in [6.07, 6.45) is 2.66. The molecule has 0 fully saturated rings. The summed E-state index contributed by atoms with van der Waals surface area (Å²) in [6, 6.07) is 12.3. The summed E-state index contributed by atoms with van der Waals surface area (Å²) >= 11 is 0. The first kappa shape index (κ1) is 20.5. The number of fused-ring (bicyclic) bond motifs is 1. The predicted octanol–water partition coefficient (Wildman–Crippen LogP) is 4.87. The minimum atomic E-state index is -0.445. The lowest BCUT2D eigenvalue weighted by Crippen LogP contribution is -2.20. The van der Waals surface area contributed by atoms with Gasteiger partial charge in [-0.25, -0.2) is 4.79 Å². The number of rotatable bonds is 8. The number of esters is 1. The molecule has 1 aromatic heterocycles. The fraction of sp³-hybridized carbons (Fsp3) is 0.304. The molecule has 0 saturated carbocycles. The molecule has 3 aromatic rings. The zero-order chi connectivity index (χ0) is 20.8. The second kappa shape index (κ2) is 9.28. The van der Waals surface area contributed by atoms with Gasteiger partial charge < -0.3 is 18.6 Å². The molecule has 0 aliphatic rings. The van der Waals surface area contributed by atoms with Crippen LogP contribution < -0.4 is 14.9 Å². The van der Waals surface area contributed by atoms with Gasteiger partial charge in [0, 0.05) is 6.07 Å². The minimum Gasteiger partial charge on any atom is -0.482 e. The van der Waals surface area contributed by atoms with E-state index < -0.39 is 5.97 Å². The van der Waals surface area contributed by atoms with E-state index in [4.69, 9.17) is 18.6 Å². The third kappa shape index (κ3) is 4.96. The van der Waals surface area contributed by atoms with Gasteiger partial charge in [-0.2, -0.15) is 0 Å². The highest BCUT2D eigenvalue weighted by molar-refractivity contribution is 5.79. The maximum atomic E-state index is 12.8. The van der Waals surface area contributed by atoms with Crippen LogP contribution in [0.2, 0.25) is 0 Å². The van der Waals surface area contributed by atoms with Gasteiger partial charge in [0.1, 0.15) is 23.3 Å². The molecule has 1 atom stereocenters. The molecule has 0 bridgehead atoms. The molecule has 1 heterocycles.